The van der Waals surface area contributed by atoms with Crippen LogP contribution in [0.25, 0.3) is 0 Å². The Bertz CT molecular complexity index is 602. The lowest BCUT2D eigenvalue weighted by atomic mass is 10.1. The van der Waals surface area contributed by atoms with Gasteiger partial charge in [-0.25, -0.2) is 0 Å². The van der Waals surface area contributed by atoms with E-state index in [1.54, 1.807) is 4.90 Å². The van der Waals surface area contributed by atoms with Crippen LogP contribution in [0.2, 0.25) is 0 Å². The van der Waals surface area contributed by atoms with Crippen molar-refractivity contribution in [2.75, 3.05) is 32.8 Å². The van der Waals surface area contributed by atoms with Gasteiger partial charge in [-0.1, -0.05) is 17.7 Å². The van der Waals surface area contributed by atoms with E-state index in [9.17, 15) is 9.59 Å². The summed E-state index contributed by atoms with van der Waals surface area (Å²) in [5, 5.41) is 0. The number of aryl methyl sites for hydroxylation is 2. The highest BCUT2D eigenvalue weighted by molar-refractivity contribution is 5.82. The molecule has 1 aliphatic carbocycles. The summed E-state index contributed by atoms with van der Waals surface area (Å²) in [7, 11) is 0. The molecule has 1 heterocycles. The summed E-state index contributed by atoms with van der Waals surface area (Å²) < 4.78 is 5.66. The number of nitrogens with zero attached hydrogens (tertiary/aromatic N) is 2. The molecule has 3 rings (SSSR count). The van der Waals surface area contributed by atoms with Crippen LogP contribution in [0.4, 0.5) is 0 Å². The van der Waals surface area contributed by atoms with Crippen LogP contribution in [0.5, 0.6) is 5.75 Å². The van der Waals surface area contributed by atoms with E-state index in [-0.39, 0.29) is 24.3 Å². The number of amides is 2. The number of piperazine rings is 1. The van der Waals surface area contributed by atoms with Crippen LogP contribution in [0, 0.1) is 19.8 Å². The number of hydrogen-bond donors (Lipinski definition) is 0. The molecule has 1 aliphatic heterocycles. The molecular weight excluding hydrogens is 292 g/mol. The third-order valence-electron chi connectivity index (χ3n) is 4.55. The van der Waals surface area contributed by atoms with Gasteiger partial charge in [-0.15, -0.1) is 0 Å². The van der Waals surface area contributed by atoms with Crippen LogP contribution in [0.3, 0.4) is 0 Å². The molecule has 124 valence electrons. The summed E-state index contributed by atoms with van der Waals surface area (Å²) in [6.07, 6.45) is 2.06. The van der Waals surface area contributed by atoms with E-state index >= 15 is 0 Å². The number of carbonyl (C=O) groups is 2. The predicted molar refractivity (Wildman–Crippen MR) is 87.3 cm³/mol. The average molecular weight is 316 g/mol. The summed E-state index contributed by atoms with van der Waals surface area (Å²) in [5.41, 5.74) is 2.22. The van der Waals surface area contributed by atoms with Gasteiger partial charge in [-0.3, -0.25) is 9.59 Å². The van der Waals surface area contributed by atoms with Crippen LogP contribution >= 0.6 is 0 Å². The fraction of sp³-hybridized carbons (Fsp3) is 0.556. The third kappa shape index (κ3) is 3.84. The molecule has 0 bridgehead atoms. The molecule has 0 spiro atoms. The third-order valence-corrected chi connectivity index (χ3v) is 4.55. The van der Waals surface area contributed by atoms with Gasteiger partial charge in [-0.05, 0) is 38.3 Å². The van der Waals surface area contributed by atoms with Crippen LogP contribution < -0.4 is 4.74 Å². The van der Waals surface area contributed by atoms with Crippen molar-refractivity contribution in [1.82, 2.24) is 9.80 Å². The Labute approximate surface area is 137 Å². The minimum Gasteiger partial charge on any atom is -0.484 e. The lowest BCUT2D eigenvalue weighted by Crippen LogP contribution is -2.52. The molecule has 0 aromatic heterocycles. The molecule has 1 aromatic carbocycles. The molecule has 2 aliphatic rings. The first-order valence-electron chi connectivity index (χ1n) is 8.31. The van der Waals surface area contributed by atoms with Gasteiger partial charge < -0.3 is 14.5 Å². The maximum absolute atomic E-state index is 12.3. The molecular formula is C18H24N2O3. The zero-order chi connectivity index (χ0) is 16.4. The minimum atomic E-state index is -0.0107. The molecule has 0 unspecified atom stereocenters. The van der Waals surface area contributed by atoms with Crippen molar-refractivity contribution in [3.63, 3.8) is 0 Å². The lowest BCUT2D eigenvalue weighted by molar-refractivity contribution is -0.141. The first-order valence-corrected chi connectivity index (χ1v) is 8.31. The molecule has 1 saturated heterocycles. The predicted octanol–water partition coefficient (Wildman–Crippen LogP) is 1.76. The van der Waals surface area contributed by atoms with Crippen molar-refractivity contribution in [1.29, 1.82) is 0 Å². The molecule has 5 heteroatoms. The van der Waals surface area contributed by atoms with Crippen LogP contribution in [-0.4, -0.2) is 54.4 Å². The quantitative estimate of drug-likeness (QED) is 0.850. The Morgan fingerprint density at radius 1 is 1.09 bits per heavy atom. The average Bonchev–Trinajstić information content (AvgIpc) is 3.38. The van der Waals surface area contributed by atoms with E-state index in [0.29, 0.717) is 26.2 Å². The Balaban J connectivity index is 1.46. The Morgan fingerprint density at radius 2 is 1.74 bits per heavy atom. The van der Waals surface area contributed by atoms with E-state index < -0.39 is 0 Å². The number of benzene rings is 1. The normalized spacial score (nSPS) is 18.0. The highest BCUT2D eigenvalue weighted by atomic mass is 16.5. The largest absolute Gasteiger partial charge is 0.484 e. The Kier molecular flexibility index (Phi) is 4.55. The van der Waals surface area contributed by atoms with Gasteiger partial charge in [0.15, 0.2) is 6.61 Å². The zero-order valence-corrected chi connectivity index (χ0v) is 13.9. The van der Waals surface area contributed by atoms with Gasteiger partial charge in [0.25, 0.3) is 5.91 Å². The van der Waals surface area contributed by atoms with Crippen LogP contribution in [0.1, 0.15) is 24.0 Å². The second kappa shape index (κ2) is 6.60. The van der Waals surface area contributed by atoms with E-state index in [1.807, 2.05) is 36.9 Å². The van der Waals surface area contributed by atoms with Crippen molar-refractivity contribution in [2.45, 2.75) is 26.7 Å². The van der Waals surface area contributed by atoms with Crippen molar-refractivity contribution in [3.8, 4) is 5.75 Å². The van der Waals surface area contributed by atoms with Crippen LogP contribution in [-0.2, 0) is 9.59 Å². The molecule has 0 atom stereocenters. The van der Waals surface area contributed by atoms with Crippen molar-refractivity contribution >= 4 is 11.8 Å². The maximum Gasteiger partial charge on any atom is 0.260 e. The van der Waals surface area contributed by atoms with E-state index in [0.717, 1.165) is 24.2 Å². The molecule has 2 amide bonds. The summed E-state index contributed by atoms with van der Waals surface area (Å²) in [6, 6.07) is 5.93. The molecule has 1 saturated carbocycles. The number of hydrogen-bond acceptors (Lipinski definition) is 3. The smallest absolute Gasteiger partial charge is 0.260 e. The molecule has 23 heavy (non-hydrogen) atoms. The van der Waals surface area contributed by atoms with Gasteiger partial charge in [-0.2, -0.15) is 0 Å². The number of ether oxygens (including phenoxy) is 1. The Hall–Kier alpha value is -2.04. The van der Waals surface area contributed by atoms with Gasteiger partial charge in [0.1, 0.15) is 5.75 Å². The zero-order valence-electron chi connectivity index (χ0n) is 13.9. The molecule has 0 radical (unpaired) electrons. The summed E-state index contributed by atoms with van der Waals surface area (Å²) >= 11 is 0. The van der Waals surface area contributed by atoms with E-state index in [4.69, 9.17) is 4.74 Å². The topological polar surface area (TPSA) is 49.9 Å². The fourth-order valence-electron chi connectivity index (χ4n) is 2.96. The van der Waals surface area contributed by atoms with Gasteiger partial charge in [0, 0.05) is 32.1 Å². The van der Waals surface area contributed by atoms with Gasteiger partial charge in [0.2, 0.25) is 5.91 Å². The lowest BCUT2D eigenvalue weighted by Gasteiger charge is -2.34. The van der Waals surface area contributed by atoms with E-state index in [1.165, 1.54) is 5.56 Å². The Morgan fingerprint density at radius 3 is 2.35 bits per heavy atom. The van der Waals surface area contributed by atoms with Crippen molar-refractivity contribution < 1.29 is 14.3 Å². The van der Waals surface area contributed by atoms with Gasteiger partial charge >= 0.3 is 0 Å². The molecule has 0 N–H and O–H groups in total. The second-order valence-electron chi connectivity index (χ2n) is 6.54. The standard InChI is InChI=1S/C18H24N2O3/c1-13-3-6-16(14(2)11-13)23-12-17(21)19-7-9-20(10-8-19)18(22)15-4-5-15/h3,6,11,15H,4-5,7-10,12H2,1-2H3. The fourth-order valence-corrected chi connectivity index (χ4v) is 2.96. The SMILES string of the molecule is Cc1ccc(OCC(=O)N2CCN(C(=O)C3CC3)CC2)c(C)c1. The number of carbonyl (C=O) groups excluding carboxylic acids is 2. The first-order chi connectivity index (χ1) is 11.0. The highest BCUT2D eigenvalue weighted by Gasteiger charge is 2.35. The molecule has 1 aromatic rings. The highest BCUT2D eigenvalue weighted by Crippen LogP contribution is 2.31. The van der Waals surface area contributed by atoms with Crippen molar-refractivity contribution in [3.05, 3.63) is 29.3 Å². The second-order valence-corrected chi connectivity index (χ2v) is 6.54. The van der Waals surface area contributed by atoms with Crippen LogP contribution in [0.15, 0.2) is 18.2 Å². The van der Waals surface area contributed by atoms with E-state index in [2.05, 4.69) is 0 Å². The summed E-state index contributed by atoms with van der Waals surface area (Å²) in [4.78, 5) is 28.0. The number of rotatable bonds is 4. The van der Waals surface area contributed by atoms with Crippen molar-refractivity contribution in [2.24, 2.45) is 5.92 Å². The monoisotopic (exact) mass is 316 g/mol. The maximum atomic E-state index is 12.3. The molecule has 5 nitrogen and oxygen atoms in total. The minimum absolute atomic E-state index is 0.0107. The molecule has 2 fully saturated rings. The summed E-state index contributed by atoms with van der Waals surface area (Å²) in [5.74, 6) is 1.27. The summed E-state index contributed by atoms with van der Waals surface area (Å²) in [6.45, 7) is 6.57. The first kappa shape index (κ1) is 15.8. The van der Waals surface area contributed by atoms with Gasteiger partial charge in [0.05, 0.1) is 0 Å².